The van der Waals surface area contributed by atoms with E-state index in [-0.39, 0.29) is 5.82 Å². The Morgan fingerprint density at radius 1 is 1.29 bits per heavy atom. The van der Waals surface area contributed by atoms with E-state index in [1.54, 1.807) is 0 Å². The van der Waals surface area contributed by atoms with Crippen LogP contribution in [0.15, 0.2) is 41.7 Å². The summed E-state index contributed by atoms with van der Waals surface area (Å²) in [6.07, 6.45) is 0. The number of hydrogen-bond donors (Lipinski definition) is 4. The average molecular weight is 248 g/mol. The van der Waals surface area contributed by atoms with Crippen LogP contribution < -0.4 is 22.1 Å². The minimum Gasteiger partial charge on any atom is -0.385 e. The van der Waals surface area contributed by atoms with Gasteiger partial charge in [-0.3, -0.25) is 4.79 Å². The fourth-order valence-corrected chi connectivity index (χ4v) is 1.98. The molecule has 6 N–H and O–H groups in total. The average Bonchev–Trinajstić information content (AvgIpc) is 2.28. The molecular formula is C11H12N4OS. The number of primary amides is 1. The van der Waals surface area contributed by atoms with Crippen LogP contribution in [0.4, 0.5) is 0 Å². The lowest BCUT2D eigenvalue weighted by atomic mass is 9.97. The summed E-state index contributed by atoms with van der Waals surface area (Å²) in [6, 6.07) is 8.99. The summed E-state index contributed by atoms with van der Waals surface area (Å²) in [6.45, 7) is 0. The van der Waals surface area contributed by atoms with E-state index in [1.807, 2.05) is 30.3 Å². The second-order valence-corrected chi connectivity index (χ2v) is 4.04. The number of amides is 1. The lowest BCUT2D eigenvalue weighted by molar-refractivity contribution is -0.115. The van der Waals surface area contributed by atoms with Gasteiger partial charge >= 0.3 is 0 Å². The fraction of sp³-hybridized carbons (Fsp3) is 0.0909. The van der Waals surface area contributed by atoms with Crippen LogP contribution in [0.2, 0.25) is 0 Å². The smallest absolute Gasteiger partial charge is 0.250 e. The monoisotopic (exact) mass is 248 g/mol. The van der Waals surface area contributed by atoms with Crippen LogP contribution in [0, 0.1) is 0 Å². The van der Waals surface area contributed by atoms with E-state index in [0.29, 0.717) is 10.7 Å². The van der Waals surface area contributed by atoms with Crippen molar-refractivity contribution in [2.75, 3.05) is 0 Å². The van der Waals surface area contributed by atoms with Gasteiger partial charge in [-0.1, -0.05) is 30.3 Å². The quantitative estimate of drug-likeness (QED) is 0.547. The molecule has 1 aromatic carbocycles. The van der Waals surface area contributed by atoms with Gasteiger partial charge < -0.3 is 22.1 Å². The molecule has 0 fully saturated rings. The molecule has 1 aromatic rings. The number of carbonyl (C=O) groups is 1. The van der Waals surface area contributed by atoms with E-state index < -0.39 is 11.9 Å². The molecule has 0 aliphatic carbocycles. The van der Waals surface area contributed by atoms with Crippen molar-refractivity contribution in [1.29, 1.82) is 0 Å². The number of nitrogens with one attached hydrogen (secondary N) is 2. The molecule has 1 amide bonds. The van der Waals surface area contributed by atoms with E-state index in [4.69, 9.17) is 23.7 Å². The molecule has 88 valence electrons. The number of carbonyl (C=O) groups excluding carboxylic acids is 1. The summed E-state index contributed by atoms with van der Waals surface area (Å²) >= 11 is 5.01. The molecule has 0 saturated carbocycles. The third-order valence-corrected chi connectivity index (χ3v) is 2.72. The molecule has 0 spiro atoms. The molecule has 0 unspecified atom stereocenters. The molecule has 2 rings (SSSR count). The van der Waals surface area contributed by atoms with Crippen LogP contribution >= 0.6 is 12.2 Å². The lowest BCUT2D eigenvalue weighted by Gasteiger charge is -2.28. The van der Waals surface area contributed by atoms with E-state index in [1.165, 1.54) is 0 Å². The molecule has 0 saturated heterocycles. The Hall–Kier alpha value is -2.08. The third-order valence-electron chi connectivity index (χ3n) is 2.50. The Labute approximate surface area is 104 Å². The van der Waals surface area contributed by atoms with Gasteiger partial charge in [0.05, 0.1) is 11.6 Å². The SMILES string of the molecule is NC(=O)C1=C(N)NC(=S)N[C@H]1c1ccccc1. The minimum atomic E-state index is -0.571. The third kappa shape index (κ3) is 2.21. The summed E-state index contributed by atoms with van der Waals surface area (Å²) in [5.74, 6) is -0.367. The van der Waals surface area contributed by atoms with Gasteiger partial charge in [0.15, 0.2) is 5.11 Å². The maximum absolute atomic E-state index is 11.4. The lowest BCUT2D eigenvalue weighted by Crippen LogP contribution is -2.48. The number of thiocarbonyl (C=S) groups is 1. The van der Waals surface area contributed by atoms with Crippen molar-refractivity contribution in [3.8, 4) is 0 Å². The molecule has 6 heteroatoms. The first-order valence-electron chi connectivity index (χ1n) is 5.01. The molecule has 0 aromatic heterocycles. The topological polar surface area (TPSA) is 93.2 Å². The zero-order valence-electron chi connectivity index (χ0n) is 8.94. The van der Waals surface area contributed by atoms with Crippen LogP contribution in [0.25, 0.3) is 0 Å². The predicted octanol–water partition coefficient (Wildman–Crippen LogP) is -0.139. The molecule has 17 heavy (non-hydrogen) atoms. The highest BCUT2D eigenvalue weighted by atomic mass is 32.1. The molecule has 1 atom stereocenters. The first-order valence-corrected chi connectivity index (χ1v) is 5.42. The zero-order valence-corrected chi connectivity index (χ0v) is 9.75. The van der Waals surface area contributed by atoms with E-state index in [9.17, 15) is 4.79 Å². The number of nitrogens with two attached hydrogens (primary N) is 2. The standard InChI is InChI=1S/C11H12N4OS/c12-9-7(10(13)16)8(14-11(17)15-9)6-4-2-1-3-5-6/h1-5,8H,12H2,(H2,13,16)(H2,14,15,17)/t8-/m0/s1. The summed E-state index contributed by atoms with van der Waals surface area (Å²) in [4.78, 5) is 11.4. The Morgan fingerprint density at radius 2 is 1.94 bits per heavy atom. The summed E-state index contributed by atoms with van der Waals surface area (Å²) in [7, 11) is 0. The predicted molar refractivity (Wildman–Crippen MR) is 68.5 cm³/mol. The Kier molecular flexibility index (Phi) is 2.97. The van der Waals surface area contributed by atoms with Crippen molar-refractivity contribution in [2.45, 2.75) is 6.04 Å². The molecule has 5 nitrogen and oxygen atoms in total. The van der Waals surface area contributed by atoms with Crippen LogP contribution in [0.3, 0.4) is 0 Å². The highest BCUT2D eigenvalue weighted by Gasteiger charge is 2.28. The second kappa shape index (κ2) is 4.42. The van der Waals surface area contributed by atoms with Crippen LogP contribution in [0.1, 0.15) is 11.6 Å². The highest BCUT2D eigenvalue weighted by Crippen LogP contribution is 2.24. The molecular weight excluding hydrogens is 236 g/mol. The second-order valence-electron chi connectivity index (χ2n) is 3.63. The van der Waals surface area contributed by atoms with Crippen LogP contribution in [-0.4, -0.2) is 11.0 Å². The first kappa shape index (κ1) is 11.4. The van der Waals surface area contributed by atoms with Gasteiger partial charge in [-0.05, 0) is 17.8 Å². The molecule has 1 heterocycles. The Balaban J connectivity index is 2.47. The van der Waals surface area contributed by atoms with Gasteiger partial charge in [-0.25, -0.2) is 0 Å². The van der Waals surface area contributed by atoms with Crippen molar-refractivity contribution in [3.05, 3.63) is 47.3 Å². The summed E-state index contributed by atoms with van der Waals surface area (Å²) in [5.41, 5.74) is 12.2. The molecule has 0 bridgehead atoms. The number of benzene rings is 1. The Bertz CT molecular complexity index is 497. The van der Waals surface area contributed by atoms with E-state index in [2.05, 4.69) is 10.6 Å². The maximum atomic E-state index is 11.4. The van der Waals surface area contributed by atoms with Gasteiger partial charge in [-0.2, -0.15) is 0 Å². The summed E-state index contributed by atoms with van der Waals surface area (Å²) in [5, 5.41) is 6.04. The zero-order chi connectivity index (χ0) is 12.4. The van der Waals surface area contributed by atoms with Crippen LogP contribution in [0.5, 0.6) is 0 Å². The largest absolute Gasteiger partial charge is 0.385 e. The van der Waals surface area contributed by atoms with Gasteiger partial charge in [0, 0.05) is 0 Å². The summed E-state index contributed by atoms with van der Waals surface area (Å²) < 4.78 is 0. The maximum Gasteiger partial charge on any atom is 0.250 e. The van der Waals surface area contributed by atoms with E-state index in [0.717, 1.165) is 5.56 Å². The highest BCUT2D eigenvalue weighted by molar-refractivity contribution is 7.80. The normalized spacial score (nSPS) is 19.5. The molecule has 0 radical (unpaired) electrons. The number of hydrogen-bond acceptors (Lipinski definition) is 3. The van der Waals surface area contributed by atoms with Gasteiger partial charge in [-0.15, -0.1) is 0 Å². The van der Waals surface area contributed by atoms with Crippen molar-refractivity contribution in [2.24, 2.45) is 11.5 Å². The molecule has 1 aliphatic rings. The van der Waals surface area contributed by atoms with Crippen molar-refractivity contribution in [1.82, 2.24) is 10.6 Å². The first-order chi connectivity index (χ1) is 8.09. The van der Waals surface area contributed by atoms with Gasteiger partial charge in [0.2, 0.25) is 0 Å². The molecule has 1 aliphatic heterocycles. The van der Waals surface area contributed by atoms with Crippen LogP contribution in [-0.2, 0) is 4.79 Å². The van der Waals surface area contributed by atoms with Crippen molar-refractivity contribution in [3.63, 3.8) is 0 Å². The fourth-order valence-electron chi connectivity index (χ4n) is 1.75. The van der Waals surface area contributed by atoms with E-state index >= 15 is 0 Å². The Morgan fingerprint density at radius 3 is 2.53 bits per heavy atom. The minimum absolute atomic E-state index is 0.204. The van der Waals surface area contributed by atoms with Gasteiger partial charge in [0.1, 0.15) is 5.82 Å². The van der Waals surface area contributed by atoms with Gasteiger partial charge in [0.25, 0.3) is 5.91 Å². The van der Waals surface area contributed by atoms with Crippen molar-refractivity contribution < 1.29 is 4.79 Å². The number of rotatable bonds is 2. The van der Waals surface area contributed by atoms with Crippen molar-refractivity contribution >= 4 is 23.2 Å².